The second-order valence-electron chi connectivity index (χ2n) is 8.34. The molecule has 1 saturated heterocycles. The molecule has 0 radical (unpaired) electrons. The smallest absolute Gasteiger partial charge is 0.410 e. The molecule has 2 amide bonds. The zero-order valence-electron chi connectivity index (χ0n) is 18.5. The van der Waals surface area contributed by atoms with Crippen LogP contribution in [0.5, 0.6) is 11.5 Å². The summed E-state index contributed by atoms with van der Waals surface area (Å²) < 4.78 is 10.9. The quantitative estimate of drug-likeness (QED) is 0.720. The van der Waals surface area contributed by atoms with Crippen LogP contribution in [0.2, 0.25) is 0 Å². The average Bonchev–Trinajstić information content (AvgIpc) is 2.78. The van der Waals surface area contributed by atoms with Crippen molar-refractivity contribution in [2.45, 2.75) is 45.8 Å². The maximum atomic E-state index is 12.6. The Morgan fingerprint density at radius 2 is 2.00 bits per heavy atom. The van der Waals surface area contributed by atoms with Crippen molar-refractivity contribution in [3.05, 3.63) is 47.6 Å². The number of ether oxygens (including phenoxy) is 2. The molecule has 1 unspecified atom stereocenters. The van der Waals surface area contributed by atoms with Crippen LogP contribution in [0.3, 0.4) is 0 Å². The third kappa shape index (κ3) is 5.81. The van der Waals surface area contributed by atoms with E-state index >= 15 is 0 Å². The largest absolute Gasteiger partial charge is 0.504 e. The number of nitrogens with zero attached hydrogens (tertiary/aromatic N) is 1. The Morgan fingerprint density at radius 3 is 2.68 bits per heavy atom. The number of piperidine rings is 1. The number of amides is 2. The molecule has 1 aromatic rings. The lowest BCUT2D eigenvalue weighted by atomic mass is 9.92. The molecule has 2 N–H and O–H groups in total. The molecule has 0 aromatic heterocycles. The highest BCUT2D eigenvalue weighted by Gasteiger charge is 2.30. The maximum absolute atomic E-state index is 12.6. The van der Waals surface area contributed by atoms with E-state index in [0.717, 1.165) is 11.1 Å². The van der Waals surface area contributed by atoms with Gasteiger partial charge in [-0.25, -0.2) is 4.79 Å². The number of hydrogen-bond acceptors (Lipinski definition) is 5. The summed E-state index contributed by atoms with van der Waals surface area (Å²) in [5.41, 5.74) is 1.98. The van der Waals surface area contributed by atoms with Gasteiger partial charge in [-0.3, -0.25) is 4.79 Å². The Balaban J connectivity index is 1.45. The van der Waals surface area contributed by atoms with Crippen molar-refractivity contribution in [2.24, 2.45) is 11.8 Å². The highest BCUT2D eigenvalue weighted by Crippen LogP contribution is 2.27. The number of allylic oxidation sites excluding steroid dienone is 2. The molecule has 1 aliphatic heterocycles. The number of methoxy groups -OCH3 is 1. The summed E-state index contributed by atoms with van der Waals surface area (Å²) >= 11 is 0. The first kappa shape index (κ1) is 22.7. The van der Waals surface area contributed by atoms with Gasteiger partial charge in [0.05, 0.1) is 7.11 Å². The summed E-state index contributed by atoms with van der Waals surface area (Å²) in [6.45, 7) is 5.58. The molecule has 7 heteroatoms. The lowest BCUT2D eigenvalue weighted by Gasteiger charge is -2.33. The molecule has 1 fully saturated rings. The number of nitrogens with one attached hydrogen (secondary N) is 1. The fourth-order valence-electron chi connectivity index (χ4n) is 3.99. The van der Waals surface area contributed by atoms with Gasteiger partial charge in [-0.2, -0.15) is 0 Å². The lowest BCUT2D eigenvalue weighted by Crippen LogP contribution is -2.44. The molecule has 0 spiro atoms. The highest BCUT2D eigenvalue weighted by atomic mass is 16.6. The van der Waals surface area contributed by atoms with Gasteiger partial charge in [0.1, 0.15) is 6.10 Å². The van der Waals surface area contributed by atoms with Gasteiger partial charge >= 0.3 is 6.09 Å². The van der Waals surface area contributed by atoms with Gasteiger partial charge < -0.3 is 24.8 Å². The molecule has 1 atom stereocenters. The molecule has 1 aliphatic carbocycles. The number of rotatable bonds is 6. The van der Waals surface area contributed by atoms with Crippen LogP contribution < -0.4 is 10.1 Å². The van der Waals surface area contributed by atoms with Gasteiger partial charge in [0.2, 0.25) is 5.91 Å². The molecule has 168 valence electrons. The van der Waals surface area contributed by atoms with Gasteiger partial charge in [-0.05, 0) is 42.0 Å². The van der Waals surface area contributed by atoms with E-state index in [4.69, 9.17) is 9.47 Å². The zero-order chi connectivity index (χ0) is 22.4. The van der Waals surface area contributed by atoms with Crippen molar-refractivity contribution >= 4 is 12.0 Å². The summed E-state index contributed by atoms with van der Waals surface area (Å²) in [6, 6.07) is 5.00. The maximum Gasteiger partial charge on any atom is 0.410 e. The van der Waals surface area contributed by atoms with Gasteiger partial charge in [-0.15, -0.1) is 0 Å². The topological polar surface area (TPSA) is 88.1 Å². The van der Waals surface area contributed by atoms with E-state index in [9.17, 15) is 14.7 Å². The molecule has 0 saturated carbocycles. The standard InChI is InChI=1S/C24H32N2O5/c1-16(2)19-6-4-5-7-21(19)31-24(29)26-12-10-18(11-13-26)23(28)25-15-17-8-9-20(27)22(14-17)30-3/h4-6,8-9,14,16,18,21,27H,7,10-13,15H2,1-3H3,(H,25,28). The Bertz CT molecular complexity index is 854. The van der Waals surface area contributed by atoms with Gasteiger partial charge in [-0.1, -0.05) is 38.1 Å². The predicted octanol–water partition coefficient (Wildman–Crippen LogP) is 3.78. The molecular formula is C24H32N2O5. The molecule has 31 heavy (non-hydrogen) atoms. The minimum atomic E-state index is -0.304. The summed E-state index contributed by atoms with van der Waals surface area (Å²) in [4.78, 5) is 26.9. The summed E-state index contributed by atoms with van der Waals surface area (Å²) in [7, 11) is 1.49. The number of hydrogen-bond donors (Lipinski definition) is 2. The first-order valence-electron chi connectivity index (χ1n) is 10.8. The Kier molecular flexibility index (Phi) is 7.60. The molecule has 0 bridgehead atoms. The number of aromatic hydroxyl groups is 1. The number of carbonyl (C=O) groups is 2. The van der Waals surface area contributed by atoms with Gasteiger partial charge in [0.25, 0.3) is 0 Å². The van der Waals surface area contributed by atoms with Crippen LogP contribution in [0, 0.1) is 11.8 Å². The monoisotopic (exact) mass is 428 g/mol. The summed E-state index contributed by atoms with van der Waals surface area (Å²) in [5.74, 6) is 0.611. The van der Waals surface area contributed by atoms with Crippen LogP contribution in [0.15, 0.2) is 42.0 Å². The molecule has 2 aliphatic rings. The molecule has 7 nitrogen and oxygen atoms in total. The zero-order valence-corrected chi connectivity index (χ0v) is 18.5. The van der Waals surface area contributed by atoms with E-state index in [1.165, 1.54) is 7.11 Å². The van der Waals surface area contributed by atoms with Gasteiger partial charge in [0.15, 0.2) is 11.5 Å². The normalized spacial score (nSPS) is 19.2. The fourth-order valence-corrected chi connectivity index (χ4v) is 3.99. The lowest BCUT2D eigenvalue weighted by molar-refractivity contribution is -0.126. The number of phenolic OH excluding ortho intramolecular Hbond substituents is 1. The predicted molar refractivity (Wildman–Crippen MR) is 118 cm³/mol. The van der Waals surface area contributed by atoms with Crippen molar-refractivity contribution in [3.63, 3.8) is 0 Å². The van der Waals surface area contributed by atoms with Crippen molar-refractivity contribution in [1.29, 1.82) is 0 Å². The van der Waals surface area contributed by atoms with Crippen molar-refractivity contribution in [1.82, 2.24) is 10.2 Å². The van der Waals surface area contributed by atoms with Crippen LogP contribution in [-0.4, -0.2) is 48.3 Å². The van der Waals surface area contributed by atoms with Crippen molar-refractivity contribution in [3.8, 4) is 11.5 Å². The van der Waals surface area contributed by atoms with Crippen LogP contribution in [0.25, 0.3) is 0 Å². The van der Waals surface area contributed by atoms with E-state index in [-0.39, 0.29) is 29.8 Å². The molecule has 1 aromatic carbocycles. The molecule has 1 heterocycles. The Hall–Kier alpha value is -2.96. The van der Waals surface area contributed by atoms with Crippen LogP contribution in [0.4, 0.5) is 4.79 Å². The highest BCUT2D eigenvalue weighted by molar-refractivity contribution is 5.79. The van der Waals surface area contributed by atoms with Crippen LogP contribution >= 0.6 is 0 Å². The van der Waals surface area contributed by atoms with Crippen molar-refractivity contribution < 1.29 is 24.2 Å². The minimum Gasteiger partial charge on any atom is -0.504 e. The van der Waals surface area contributed by atoms with Gasteiger partial charge in [0, 0.05) is 32.0 Å². The van der Waals surface area contributed by atoms with E-state index in [0.29, 0.717) is 50.6 Å². The van der Waals surface area contributed by atoms with Crippen LogP contribution in [0.1, 0.15) is 38.7 Å². The summed E-state index contributed by atoms with van der Waals surface area (Å²) in [6.07, 6.45) is 7.47. The Labute approximate surface area is 183 Å². The third-order valence-electron chi connectivity index (χ3n) is 5.89. The number of benzene rings is 1. The van der Waals surface area contributed by atoms with Crippen molar-refractivity contribution in [2.75, 3.05) is 20.2 Å². The molecular weight excluding hydrogens is 396 g/mol. The van der Waals surface area contributed by atoms with E-state index < -0.39 is 0 Å². The number of likely N-dealkylation sites (tertiary alicyclic amines) is 1. The number of carbonyl (C=O) groups excluding carboxylic acids is 2. The van der Waals surface area contributed by atoms with Crippen LogP contribution in [-0.2, 0) is 16.1 Å². The molecule has 3 rings (SSSR count). The van der Waals surface area contributed by atoms with E-state index in [1.807, 2.05) is 18.2 Å². The average molecular weight is 429 g/mol. The second-order valence-corrected chi connectivity index (χ2v) is 8.34. The summed E-state index contributed by atoms with van der Waals surface area (Å²) in [5, 5.41) is 12.6. The number of phenols is 1. The fraction of sp³-hybridized carbons (Fsp3) is 0.500. The minimum absolute atomic E-state index is 0.0255. The van der Waals surface area contributed by atoms with E-state index in [1.54, 1.807) is 23.1 Å². The second kappa shape index (κ2) is 10.4. The first-order chi connectivity index (χ1) is 14.9. The third-order valence-corrected chi connectivity index (χ3v) is 5.89. The first-order valence-corrected chi connectivity index (χ1v) is 10.8. The SMILES string of the molecule is COc1cc(CNC(=O)C2CCN(C(=O)OC3CC=CC=C3C(C)C)CC2)ccc1O. The van der Waals surface area contributed by atoms with E-state index in [2.05, 4.69) is 19.2 Å². The Morgan fingerprint density at radius 1 is 1.26 bits per heavy atom.